The van der Waals surface area contributed by atoms with E-state index in [-0.39, 0.29) is 5.91 Å². The first-order valence-corrected chi connectivity index (χ1v) is 6.77. The van der Waals surface area contributed by atoms with E-state index in [4.69, 9.17) is 0 Å². The van der Waals surface area contributed by atoms with Crippen molar-refractivity contribution >= 4 is 16.8 Å². The molecule has 20 heavy (non-hydrogen) atoms. The van der Waals surface area contributed by atoms with E-state index in [1.807, 2.05) is 31.2 Å². The summed E-state index contributed by atoms with van der Waals surface area (Å²) < 4.78 is 0. The quantitative estimate of drug-likeness (QED) is 0.930. The largest absolute Gasteiger partial charge is 0.389 e. The van der Waals surface area contributed by atoms with E-state index in [0.29, 0.717) is 18.7 Å². The summed E-state index contributed by atoms with van der Waals surface area (Å²) in [5, 5.41) is 10.8. The number of rotatable bonds is 4. The van der Waals surface area contributed by atoms with E-state index in [1.165, 1.54) is 0 Å². The van der Waals surface area contributed by atoms with Crippen molar-refractivity contribution in [1.82, 2.24) is 9.88 Å². The number of amides is 1. The fraction of sp³-hybridized carbons (Fsp3) is 0.375. The van der Waals surface area contributed by atoms with Gasteiger partial charge >= 0.3 is 0 Å². The maximum Gasteiger partial charge on any atom is 0.253 e. The van der Waals surface area contributed by atoms with Crippen LogP contribution in [0.15, 0.2) is 36.5 Å². The zero-order valence-corrected chi connectivity index (χ0v) is 12.1. The number of aromatic nitrogens is 1. The lowest BCUT2D eigenvalue weighted by molar-refractivity contribution is 0.0315. The van der Waals surface area contributed by atoms with E-state index in [0.717, 1.165) is 10.9 Å². The number of nitrogens with zero attached hydrogens (tertiary/aromatic N) is 2. The molecule has 0 bridgehead atoms. The smallest absolute Gasteiger partial charge is 0.253 e. The zero-order valence-electron chi connectivity index (χ0n) is 12.1. The molecular formula is C16H20N2O2. The minimum absolute atomic E-state index is 0.0691. The molecule has 0 saturated carbocycles. The molecule has 2 rings (SSSR count). The summed E-state index contributed by atoms with van der Waals surface area (Å²) in [7, 11) is 0. The highest BCUT2D eigenvalue weighted by Gasteiger charge is 2.22. The number of aliphatic hydroxyl groups is 1. The molecule has 0 aliphatic heterocycles. The third kappa shape index (κ3) is 3.33. The van der Waals surface area contributed by atoms with E-state index >= 15 is 0 Å². The monoisotopic (exact) mass is 272 g/mol. The number of pyridine rings is 1. The van der Waals surface area contributed by atoms with Gasteiger partial charge in [0.1, 0.15) is 0 Å². The van der Waals surface area contributed by atoms with Crippen LogP contribution in [-0.2, 0) is 0 Å². The van der Waals surface area contributed by atoms with Gasteiger partial charge in [0.05, 0.1) is 11.1 Å². The Kier molecular flexibility index (Phi) is 4.04. The number of benzene rings is 1. The van der Waals surface area contributed by atoms with Crippen LogP contribution in [0.3, 0.4) is 0 Å². The highest BCUT2D eigenvalue weighted by molar-refractivity contribution is 5.97. The number of fused-ring (bicyclic) bond motifs is 1. The summed E-state index contributed by atoms with van der Waals surface area (Å²) >= 11 is 0. The Bertz CT molecular complexity index is 617. The molecule has 1 N–H and O–H groups in total. The minimum atomic E-state index is -0.899. The van der Waals surface area contributed by atoms with Gasteiger partial charge in [0.25, 0.3) is 5.91 Å². The second-order valence-corrected chi connectivity index (χ2v) is 5.54. The molecule has 4 nitrogen and oxygen atoms in total. The summed E-state index contributed by atoms with van der Waals surface area (Å²) in [5.41, 5.74) is 0.593. The Labute approximate surface area is 119 Å². The van der Waals surface area contributed by atoms with Crippen LogP contribution in [0.1, 0.15) is 31.1 Å². The molecule has 0 aliphatic rings. The van der Waals surface area contributed by atoms with Crippen molar-refractivity contribution in [3.05, 3.63) is 42.1 Å². The molecule has 0 radical (unpaired) electrons. The van der Waals surface area contributed by atoms with Crippen molar-refractivity contribution in [2.45, 2.75) is 26.4 Å². The standard InChI is InChI=1S/C16H20N2O2/c1-4-18(11-16(2,3)20)15(19)13-7-8-14-12(10-13)6-5-9-17-14/h5-10,20H,4,11H2,1-3H3. The second kappa shape index (κ2) is 5.59. The lowest BCUT2D eigenvalue weighted by Gasteiger charge is -2.28. The number of hydrogen-bond acceptors (Lipinski definition) is 3. The van der Waals surface area contributed by atoms with Crippen molar-refractivity contribution < 1.29 is 9.90 Å². The summed E-state index contributed by atoms with van der Waals surface area (Å²) in [5.74, 6) is -0.0691. The molecular weight excluding hydrogens is 252 g/mol. The Morgan fingerprint density at radius 1 is 1.35 bits per heavy atom. The molecule has 0 atom stereocenters. The SMILES string of the molecule is CCN(CC(C)(C)O)C(=O)c1ccc2ncccc2c1. The zero-order chi connectivity index (χ0) is 14.8. The Hall–Kier alpha value is -1.94. The number of likely N-dealkylation sites (N-methyl/N-ethyl adjacent to an activating group) is 1. The van der Waals surface area contributed by atoms with Crippen LogP contribution in [-0.4, -0.2) is 39.6 Å². The molecule has 1 amide bonds. The van der Waals surface area contributed by atoms with Crippen molar-refractivity contribution in [2.24, 2.45) is 0 Å². The van der Waals surface area contributed by atoms with Crippen molar-refractivity contribution in [3.63, 3.8) is 0 Å². The summed E-state index contributed by atoms with van der Waals surface area (Å²) in [4.78, 5) is 18.4. The Morgan fingerprint density at radius 2 is 2.10 bits per heavy atom. The molecule has 1 heterocycles. The van der Waals surface area contributed by atoms with Crippen LogP contribution in [0.4, 0.5) is 0 Å². The first kappa shape index (κ1) is 14.5. The van der Waals surface area contributed by atoms with Gasteiger partial charge in [0.15, 0.2) is 0 Å². The Balaban J connectivity index is 2.29. The number of hydrogen-bond donors (Lipinski definition) is 1. The summed E-state index contributed by atoms with van der Waals surface area (Å²) in [6.45, 7) is 6.19. The van der Waals surface area contributed by atoms with E-state index in [1.54, 1.807) is 31.0 Å². The fourth-order valence-corrected chi connectivity index (χ4v) is 2.19. The normalized spacial score (nSPS) is 11.6. The molecule has 0 fully saturated rings. The van der Waals surface area contributed by atoms with Crippen LogP contribution in [0.5, 0.6) is 0 Å². The molecule has 0 spiro atoms. The first-order valence-electron chi connectivity index (χ1n) is 6.77. The van der Waals surface area contributed by atoms with Gasteiger partial charge in [-0.2, -0.15) is 0 Å². The van der Waals surface area contributed by atoms with Gasteiger partial charge in [-0.05, 0) is 45.0 Å². The van der Waals surface area contributed by atoms with Crippen molar-refractivity contribution in [3.8, 4) is 0 Å². The van der Waals surface area contributed by atoms with E-state index in [9.17, 15) is 9.90 Å². The highest BCUT2D eigenvalue weighted by atomic mass is 16.3. The van der Waals surface area contributed by atoms with Gasteiger partial charge in [-0.3, -0.25) is 9.78 Å². The number of carbonyl (C=O) groups excluding carboxylic acids is 1. The summed E-state index contributed by atoms with van der Waals surface area (Å²) in [6.07, 6.45) is 1.73. The predicted molar refractivity (Wildman–Crippen MR) is 79.6 cm³/mol. The van der Waals surface area contributed by atoms with Crippen LogP contribution in [0.25, 0.3) is 10.9 Å². The van der Waals surface area contributed by atoms with Gasteiger partial charge in [0.2, 0.25) is 0 Å². The maximum atomic E-state index is 12.5. The average molecular weight is 272 g/mol. The lowest BCUT2D eigenvalue weighted by atomic mass is 10.1. The second-order valence-electron chi connectivity index (χ2n) is 5.54. The highest BCUT2D eigenvalue weighted by Crippen LogP contribution is 2.16. The Morgan fingerprint density at radius 3 is 2.75 bits per heavy atom. The van der Waals surface area contributed by atoms with Crippen LogP contribution >= 0.6 is 0 Å². The van der Waals surface area contributed by atoms with Crippen LogP contribution in [0, 0.1) is 0 Å². The van der Waals surface area contributed by atoms with Gasteiger partial charge in [-0.1, -0.05) is 6.07 Å². The predicted octanol–water partition coefficient (Wildman–Crippen LogP) is 2.47. The lowest BCUT2D eigenvalue weighted by Crippen LogP contribution is -2.42. The average Bonchev–Trinajstić information content (AvgIpc) is 2.42. The summed E-state index contributed by atoms with van der Waals surface area (Å²) in [6, 6.07) is 9.26. The maximum absolute atomic E-state index is 12.5. The van der Waals surface area contributed by atoms with Gasteiger partial charge in [0, 0.05) is 30.2 Å². The third-order valence-electron chi connectivity index (χ3n) is 3.10. The van der Waals surface area contributed by atoms with Gasteiger partial charge in [-0.15, -0.1) is 0 Å². The molecule has 0 saturated heterocycles. The molecule has 106 valence electrons. The molecule has 0 unspecified atom stereocenters. The van der Waals surface area contributed by atoms with Crippen LogP contribution in [0.2, 0.25) is 0 Å². The third-order valence-corrected chi connectivity index (χ3v) is 3.10. The minimum Gasteiger partial charge on any atom is -0.389 e. The van der Waals surface area contributed by atoms with Crippen molar-refractivity contribution in [1.29, 1.82) is 0 Å². The molecule has 1 aromatic carbocycles. The topological polar surface area (TPSA) is 53.4 Å². The van der Waals surface area contributed by atoms with Crippen molar-refractivity contribution in [2.75, 3.05) is 13.1 Å². The molecule has 1 aromatic heterocycles. The number of carbonyl (C=O) groups is 1. The van der Waals surface area contributed by atoms with Crippen LogP contribution < -0.4 is 0 Å². The molecule has 4 heteroatoms. The van der Waals surface area contributed by atoms with Gasteiger partial charge < -0.3 is 10.0 Å². The van der Waals surface area contributed by atoms with E-state index < -0.39 is 5.60 Å². The van der Waals surface area contributed by atoms with E-state index in [2.05, 4.69) is 4.98 Å². The molecule has 0 aliphatic carbocycles. The fourth-order valence-electron chi connectivity index (χ4n) is 2.19. The molecule has 2 aromatic rings. The van der Waals surface area contributed by atoms with Gasteiger partial charge in [-0.25, -0.2) is 0 Å². The first-order chi connectivity index (χ1) is 9.40.